The number of benzene rings is 1. The van der Waals surface area contributed by atoms with Gasteiger partial charge in [-0.3, -0.25) is 4.68 Å². The van der Waals surface area contributed by atoms with Crippen molar-refractivity contribution in [2.75, 3.05) is 11.9 Å². The maximum Gasteiger partial charge on any atom is 0.161 e. The summed E-state index contributed by atoms with van der Waals surface area (Å²) in [5, 5.41) is 15.3. The lowest BCUT2D eigenvalue weighted by atomic mass is 10.2. The number of aliphatic hydroxyl groups is 1. The first-order valence-corrected chi connectivity index (χ1v) is 5.60. The zero-order chi connectivity index (χ0) is 13.8. The van der Waals surface area contributed by atoms with Crippen LogP contribution in [-0.4, -0.2) is 21.5 Å². The Labute approximate surface area is 107 Å². The molecule has 1 aromatic carbocycles. The normalized spacial score (nSPS) is 10.7. The minimum absolute atomic E-state index is 0.0354. The molecule has 2 rings (SSSR count). The number of rotatable bonds is 5. The third-order valence-corrected chi connectivity index (χ3v) is 2.51. The fourth-order valence-electron chi connectivity index (χ4n) is 1.58. The SMILES string of the molecule is OCCn1cc(CNc2cc(F)c(F)cc2F)cn1. The average molecular weight is 271 g/mol. The Hall–Kier alpha value is -2.02. The lowest BCUT2D eigenvalue weighted by Gasteiger charge is -2.06. The summed E-state index contributed by atoms with van der Waals surface area (Å²) in [6.07, 6.45) is 3.21. The van der Waals surface area contributed by atoms with Crippen molar-refractivity contribution in [2.45, 2.75) is 13.1 Å². The van der Waals surface area contributed by atoms with Gasteiger partial charge in [0.25, 0.3) is 0 Å². The zero-order valence-electron chi connectivity index (χ0n) is 9.91. The highest BCUT2D eigenvalue weighted by Crippen LogP contribution is 2.19. The molecule has 0 fully saturated rings. The molecule has 0 amide bonds. The number of nitrogens with one attached hydrogen (secondary N) is 1. The Bertz CT molecular complexity index is 571. The van der Waals surface area contributed by atoms with E-state index in [1.807, 2.05) is 0 Å². The lowest BCUT2D eigenvalue weighted by molar-refractivity contribution is 0.269. The predicted octanol–water partition coefficient (Wildman–Crippen LogP) is 1.90. The van der Waals surface area contributed by atoms with Gasteiger partial charge in [0.2, 0.25) is 0 Å². The summed E-state index contributed by atoms with van der Waals surface area (Å²) in [7, 11) is 0. The van der Waals surface area contributed by atoms with E-state index in [9.17, 15) is 13.2 Å². The fraction of sp³-hybridized carbons (Fsp3) is 0.250. The number of aliphatic hydroxyl groups excluding tert-OH is 1. The van der Waals surface area contributed by atoms with E-state index in [-0.39, 0.29) is 18.8 Å². The van der Waals surface area contributed by atoms with Gasteiger partial charge in [-0.2, -0.15) is 5.10 Å². The van der Waals surface area contributed by atoms with E-state index < -0.39 is 17.5 Å². The minimum atomic E-state index is -1.22. The molecular weight excluding hydrogens is 259 g/mol. The van der Waals surface area contributed by atoms with Crippen LogP contribution in [0.3, 0.4) is 0 Å². The Morgan fingerprint density at radius 3 is 2.63 bits per heavy atom. The maximum atomic E-state index is 13.3. The van der Waals surface area contributed by atoms with Gasteiger partial charge in [-0.1, -0.05) is 0 Å². The van der Waals surface area contributed by atoms with E-state index in [0.29, 0.717) is 12.6 Å². The van der Waals surface area contributed by atoms with E-state index >= 15 is 0 Å². The second-order valence-corrected chi connectivity index (χ2v) is 3.93. The molecule has 0 saturated heterocycles. The topological polar surface area (TPSA) is 50.1 Å². The summed E-state index contributed by atoms with van der Waals surface area (Å²) in [6.45, 7) is 0.541. The molecule has 102 valence electrons. The van der Waals surface area contributed by atoms with Crippen LogP contribution in [0.4, 0.5) is 18.9 Å². The Balaban J connectivity index is 2.03. The van der Waals surface area contributed by atoms with Gasteiger partial charge in [0.1, 0.15) is 5.82 Å². The molecule has 0 unspecified atom stereocenters. The molecule has 0 spiro atoms. The highest BCUT2D eigenvalue weighted by molar-refractivity contribution is 5.45. The standard InChI is InChI=1S/C12H12F3N3O/c13-9-3-11(15)12(4-10(9)14)16-5-8-6-17-18(7-8)1-2-19/h3-4,6-7,16,19H,1-2,5H2. The molecule has 2 N–H and O–H groups in total. The largest absolute Gasteiger partial charge is 0.394 e. The Kier molecular flexibility index (Phi) is 4.06. The van der Waals surface area contributed by atoms with Gasteiger partial charge >= 0.3 is 0 Å². The third-order valence-electron chi connectivity index (χ3n) is 2.51. The van der Waals surface area contributed by atoms with Crippen LogP contribution in [0, 0.1) is 17.5 Å². The van der Waals surface area contributed by atoms with Gasteiger partial charge in [0, 0.05) is 30.4 Å². The first-order chi connectivity index (χ1) is 9.10. The molecule has 19 heavy (non-hydrogen) atoms. The monoisotopic (exact) mass is 271 g/mol. The highest BCUT2D eigenvalue weighted by atomic mass is 19.2. The number of anilines is 1. The van der Waals surface area contributed by atoms with Crippen LogP contribution in [0.15, 0.2) is 24.5 Å². The van der Waals surface area contributed by atoms with Crippen LogP contribution in [0.1, 0.15) is 5.56 Å². The molecular formula is C12H12F3N3O. The van der Waals surface area contributed by atoms with Crippen molar-refractivity contribution in [3.63, 3.8) is 0 Å². The number of nitrogens with zero attached hydrogens (tertiary/aromatic N) is 2. The predicted molar refractivity (Wildman–Crippen MR) is 63.0 cm³/mol. The third kappa shape index (κ3) is 3.25. The van der Waals surface area contributed by atoms with Crippen LogP contribution in [0.2, 0.25) is 0 Å². The first kappa shape index (κ1) is 13.4. The fourth-order valence-corrected chi connectivity index (χ4v) is 1.58. The van der Waals surface area contributed by atoms with Gasteiger partial charge in [0.15, 0.2) is 11.6 Å². The van der Waals surface area contributed by atoms with Crippen LogP contribution in [-0.2, 0) is 13.1 Å². The lowest BCUT2D eigenvalue weighted by Crippen LogP contribution is -2.03. The second kappa shape index (κ2) is 5.75. The van der Waals surface area contributed by atoms with E-state index in [0.717, 1.165) is 11.6 Å². The van der Waals surface area contributed by atoms with Gasteiger partial charge in [-0.05, 0) is 0 Å². The summed E-state index contributed by atoms with van der Waals surface area (Å²) < 4.78 is 40.6. The Morgan fingerprint density at radius 2 is 1.89 bits per heavy atom. The summed E-state index contributed by atoms with van der Waals surface area (Å²) in [6, 6.07) is 1.26. The van der Waals surface area contributed by atoms with Crippen LogP contribution in [0.25, 0.3) is 0 Å². The van der Waals surface area contributed by atoms with Crippen molar-refractivity contribution in [3.8, 4) is 0 Å². The first-order valence-electron chi connectivity index (χ1n) is 5.60. The van der Waals surface area contributed by atoms with Gasteiger partial charge in [-0.15, -0.1) is 0 Å². The number of hydrogen-bond donors (Lipinski definition) is 2. The second-order valence-electron chi connectivity index (χ2n) is 3.93. The van der Waals surface area contributed by atoms with Crippen LogP contribution >= 0.6 is 0 Å². The number of aromatic nitrogens is 2. The van der Waals surface area contributed by atoms with Gasteiger partial charge in [0.05, 0.1) is 25.0 Å². The number of hydrogen-bond acceptors (Lipinski definition) is 3. The molecule has 0 atom stereocenters. The molecule has 0 aliphatic rings. The molecule has 4 nitrogen and oxygen atoms in total. The molecule has 0 bridgehead atoms. The van der Waals surface area contributed by atoms with E-state index in [1.165, 1.54) is 4.68 Å². The summed E-state index contributed by atoms with van der Waals surface area (Å²) in [5.74, 6) is -3.19. The molecule has 0 radical (unpaired) electrons. The van der Waals surface area contributed by atoms with Crippen molar-refractivity contribution in [1.82, 2.24) is 9.78 Å². The van der Waals surface area contributed by atoms with Gasteiger partial charge in [-0.25, -0.2) is 13.2 Å². The molecule has 1 heterocycles. The maximum absolute atomic E-state index is 13.3. The molecule has 2 aromatic rings. The summed E-state index contributed by atoms with van der Waals surface area (Å²) in [4.78, 5) is 0. The molecule has 1 aromatic heterocycles. The molecule has 0 aliphatic heterocycles. The average Bonchev–Trinajstić information content (AvgIpc) is 2.80. The van der Waals surface area contributed by atoms with Crippen LogP contribution in [0.5, 0.6) is 0 Å². The van der Waals surface area contributed by atoms with Crippen molar-refractivity contribution < 1.29 is 18.3 Å². The quantitative estimate of drug-likeness (QED) is 0.817. The Morgan fingerprint density at radius 1 is 1.16 bits per heavy atom. The minimum Gasteiger partial charge on any atom is -0.394 e. The van der Waals surface area contributed by atoms with E-state index in [1.54, 1.807) is 12.4 Å². The smallest absolute Gasteiger partial charge is 0.161 e. The van der Waals surface area contributed by atoms with Crippen LogP contribution < -0.4 is 5.32 Å². The van der Waals surface area contributed by atoms with Crippen molar-refractivity contribution >= 4 is 5.69 Å². The van der Waals surface area contributed by atoms with Crippen molar-refractivity contribution in [1.29, 1.82) is 0 Å². The van der Waals surface area contributed by atoms with E-state index in [2.05, 4.69) is 10.4 Å². The molecule has 0 aliphatic carbocycles. The summed E-state index contributed by atoms with van der Waals surface area (Å²) >= 11 is 0. The highest BCUT2D eigenvalue weighted by Gasteiger charge is 2.09. The van der Waals surface area contributed by atoms with E-state index in [4.69, 9.17) is 5.11 Å². The zero-order valence-corrected chi connectivity index (χ0v) is 9.91. The summed E-state index contributed by atoms with van der Waals surface area (Å²) in [5.41, 5.74) is 0.617. The van der Waals surface area contributed by atoms with Crippen molar-refractivity contribution in [2.24, 2.45) is 0 Å². The van der Waals surface area contributed by atoms with Crippen molar-refractivity contribution in [3.05, 3.63) is 47.5 Å². The molecule has 7 heteroatoms. The number of halogens is 3. The van der Waals surface area contributed by atoms with Gasteiger partial charge < -0.3 is 10.4 Å². The molecule has 0 saturated carbocycles.